The molecule has 2 nitrogen and oxygen atoms in total. The number of benzene rings is 1. The third-order valence-electron chi connectivity index (χ3n) is 2.46. The highest BCUT2D eigenvalue weighted by Gasteiger charge is 2.32. The zero-order valence-electron chi connectivity index (χ0n) is 8.22. The van der Waals surface area contributed by atoms with E-state index < -0.39 is 0 Å². The Kier molecular flexibility index (Phi) is 2.66. The van der Waals surface area contributed by atoms with Crippen LogP contribution in [0.3, 0.4) is 0 Å². The van der Waals surface area contributed by atoms with Crippen molar-refractivity contribution in [2.45, 2.75) is 6.92 Å². The van der Waals surface area contributed by atoms with Gasteiger partial charge in [0, 0.05) is 22.7 Å². The van der Waals surface area contributed by atoms with Gasteiger partial charge in [-0.15, -0.1) is 0 Å². The predicted octanol–water partition coefficient (Wildman–Crippen LogP) is 2.79. The van der Waals surface area contributed by atoms with E-state index in [0.717, 1.165) is 30.5 Å². The Morgan fingerprint density at radius 2 is 2.00 bits per heavy atom. The average molecular weight is 212 g/mol. The van der Waals surface area contributed by atoms with Crippen LogP contribution in [0.25, 0.3) is 0 Å². The topological polar surface area (TPSA) is 21.3 Å². The minimum Gasteiger partial charge on any atom is -0.384 e. The summed E-state index contributed by atoms with van der Waals surface area (Å²) in [7, 11) is 0. The minimum atomic E-state index is 0.305. The molecule has 1 aromatic rings. The third kappa shape index (κ3) is 2.20. The van der Waals surface area contributed by atoms with Crippen LogP contribution in [-0.2, 0) is 4.74 Å². The normalized spacial score (nSPS) is 18.7. The summed E-state index contributed by atoms with van der Waals surface area (Å²) in [5.41, 5.74) is 1.42. The molecule has 0 aliphatic carbocycles. The molecule has 0 bridgehead atoms. The SMILES string of the molecule is CC1(CNc2ccc(Cl)cc2)COC1. The van der Waals surface area contributed by atoms with E-state index in [4.69, 9.17) is 16.3 Å². The van der Waals surface area contributed by atoms with E-state index in [-0.39, 0.29) is 0 Å². The Bertz CT molecular complexity index is 306. The molecule has 0 atom stereocenters. The first-order valence-corrected chi connectivity index (χ1v) is 5.13. The molecule has 76 valence electrons. The molecule has 1 aromatic carbocycles. The third-order valence-corrected chi connectivity index (χ3v) is 2.72. The molecule has 0 aromatic heterocycles. The molecule has 1 heterocycles. The van der Waals surface area contributed by atoms with Gasteiger partial charge >= 0.3 is 0 Å². The van der Waals surface area contributed by atoms with Crippen molar-refractivity contribution in [1.29, 1.82) is 0 Å². The summed E-state index contributed by atoms with van der Waals surface area (Å²) < 4.78 is 5.18. The standard InChI is InChI=1S/C11H14ClNO/c1-11(7-14-8-11)6-13-10-4-2-9(12)3-5-10/h2-5,13H,6-8H2,1H3. The Hall–Kier alpha value is -0.730. The maximum atomic E-state index is 5.79. The highest BCUT2D eigenvalue weighted by atomic mass is 35.5. The molecule has 0 saturated carbocycles. The lowest BCUT2D eigenvalue weighted by atomic mass is 9.89. The van der Waals surface area contributed by atoms with E-state index in [1.54, 1.807) is 0 Å². The molecule has 2 rings (SSSR count). The minimum absolute atomic E-state index is 0.305. The van der Waals surface area contributed by atoms with Gasteiger partial charge in [0.15, 0.2) is 0 Å². The van der Waals surface area contributed by atoms with Gasteiger partial charge in [-0.2, -0.15) is 0 Å². The number of ether oxygens (including phenoxy) is 1. The summed E-state index contributed by atoms with van der Waals surface area (Å²) >= 11 is 5.79. The van der Waals surface area contributed by atoms with Gasteiger partial charge in [-0.05, 0) is 24.3 Å². The van der Waals surface area contributed by atoms with Gasteiger partial charge in [-0.1, -0.05) is 18.5 Å². The predicted molar refractivity (Wildman–Crippen MR) is 58.9 cm³/mol. The van der Waals surface area contributed by atoms with Gasteiger partial charge in [0.25, 0.3) is 0 Å². The highest BCUT2D eigenvalue weighted by molar-refractivity contribution is 6.30. The Morgan fingerprint density at radius 1 is 1.36 bits per heavy atom. The van der Waals surface area contributed by atoms with Crippen LogP contribution in [-0.4, -0.2) is 19.8 Å². The van der Waals surface area contributed by atoms with E-state index in [0.29, 0.717) is 5.41 Å². The zero-order chi connectivity index (χ0) is 10.0. The molecule has 1 fully saturated rings. The second-order valence-corrected chi connectivity index (χ2v) is 4.60. The number of anilines is 1. The number of hydrogen-bond donors (Lipinski definition) is 1. The first-order chi connectivity index (χ1) is 6.68. The highest BCUT2D eigenvalue weighted by Crippen LogP contribution is 2.26. The Morgan fingerprint density at radius 3 is 2.50 bits per heavy atom. The quantitative estimate of drug-likeness (QED) is 0.830. The summed E-state index contributed by atoms with van der Waals surface area (Å²) in [4.78, 5) is 0. The van der Waals surface area contributed by atoms with Crippen molar-refractivity contribution < 1.29 is 4.74 Å². The molecule has 1 N–H and O–H groups in total. The lowest BCUT2D eigenvalue weighted by Crippen LogP contribution is -2.45. The maximum Gasteiger partial charge on any atom is 0.0559 e. The Labute approximate surface area is 89.2 Å². The van der Waals surface area contributed by atoms with Crippen LogP contribution in [0.2, 0.25) is 5.02 Å². The Balaban J connectivity index is 1.88. The van der Waals surface area contributed by atoms with Gasteiger partial charge in [0.05, 0.1) is 13.2 Å². The second kappa shape index (κ2) is 3.79. The van der Waals surface area contributed by atoms with Crippen LogP contribution in [0.1, 0.15) is 6.92 Å². The van der Waals surface area contributed by atoms with Crippen molar-refractivity contribution in [3.63, 3.8) is 0 Å². The van der Waals surface area contributed by atoms with Crippen LogP contribution in [0.4, 0.5) is 5.69 Å². The summed E-state index contributed by atoms with van der Waals surface area (Å²) in [5.74, 6) is 0. The summed E-state index contributed by atoms with van der Waals surface area (Å²) in [6, 6.07) is 7.77. The first kappa shape index (κ1) is 9.81. The number of hydrogen-bond acceptors (Lipinski definition) is 2. The fourth-order valence-corrected chi connectivity index (χ4v) is 1.56. The fraction of sp³-hybridized carbons (Fsp3) is 0.455. The average Bonchev–Trinajstić information content (AvgIpc) is 2.14. The van der Waals surface area contributed by atoms with Crippen LogP contribution < -0.4 is 5.32 Å². The van der Waals surface area contributed by atoms with Gasteiger partial charge < -0.3 is 10.1 Å². The van der Waals surface area contributed by atoms with Crippen molar-refractivity contribution >= 4 is 17.3 Å². The lowest BCUT2D eigenvalue weighted by molar-refractivity contribution is -0.0924. The molecular weight excluding hydrogens is 198 g/mol. The first-order valence-electron chi connectivity index (χ1n) is 4.75. The van der Waals surface area contributed by atoms with E-state index in [1.807, 2.05) is 24.3 Å². The molecule has 1 saturated heterocycles. The van der Waals surface area contributed by atoms with Crippen molar-refractivity contribution in [3.05, 3.63) is 29.3 Å². The largest absolute Gasteiger partial charge is 0.384 e. The van der Waals surface area contributed by atoms with Crippen molar-refractivity contribution in [3.8, 4) is 0 Å². The summed E-state index contributed by atoms with van der Waals surface area (Å²) in [6.45, 7) is 4.88. The second-order valence-electron chi connectivity index (χ2n) is 4.16. The number of rotatable bonds is 3. The van der Waals surface area contributed by atoms with E-state index >= 15 is 0 Å². The molecule has 3 heteroatoms. The molecular formula is C11H14ClNO. The van der Waals surface area contributed by atoms with Crippen molar-refractivity contribution in [2.24, 2.45) is 5.41 Å². The molecule has 1 aliphatic heterocycles. The zero-order valence-corrected chi connectivity index (χ0v) is 8.97. The monoisotopic (exact) mass is 211 g/mol. The molecule has 0 spiro atoms. The van der Waals surface area contributed by atoms with E-state index in [2.05, 4.69) is 12.2 Å². The number of nitrogens with one attached hydrogen (secondary N) is 1. The van der Waals surface area contributed by atoms with Crippen LogP contribution in [0, 0.1) is 5.41 Å². The summed E-state index contributed by atoms with van der Waals surface area (Å²) in [6.07, 6.45) is 0. The van der Waals surface area contributed by atoms with Crippen molar-refractivity contribution in [1.82, 2.24) is 0 Å². The molecule has 14 heavy (non-hydrogen) atoms. The number of halogens is 1. The summed E-state index contributed by atoms with van der Waals surface area (Å²) in [5, 5.41) is 4.15. The molecule has 0 unspecified atom stereocenters. The lowest BCUT2D eigenvalue weighted by Gasteiger charge is -2.38. The van der Waals surface area contributed by atoms with Gasteiger partial charge in [-0.3, -0.25) is 0 Å². The fourth-order valence-electron chi connectivity index (χ4n) is 1.44. The van der Waals surface area contributed by atoms with Crippen LogP contribution in [0.5, 0.6) is 0 Å². The van der Waals surface area contributed by atoms with Gasteiger partial charge in [0.1, 0.15) is 0 Å². The van der Waals surface area contributed by atoms with Gasteiger partial charge in [-0.25, -0.2) is 0 Å². The smallest absolute Gasteiger partial charge is 0.0559 e. The van der Waals surface area contributed by atoms with Crippen LogP contribution in [0.15, 0.2) is 24.3 Å². The molecule has 0 amide bonds. The maximum absolute atomic E-state index is 5.79. The molecule has 1 aliphatic rings. The molecule has 0 radical (unpaired) electrons. The van der Waals surface area contributed by atoms with E-state index in [9.17, 15) is 0 Å². The van der Waals surface area contributed by atoms with Crippen LogP contribution >= 0.6 is 11.6 Å². The van der Waals surface area contributed by atoms with E-state index in [1.165, 1.54) is 0 Å². The van der Waals surface area contributed by atoms with Gasteiger partial charge in [0.2, 0.25) is 0 Å². The van der Waals surface area contributed by atoms with Crippen molar-refractivity contribution in [2.75, 3.05) is 25.1 Å².